The molecule has 0 spiro atoms. The van der Waals surface area contributed by atoms with Crippen LogP contribution in [0.2, 0.25) is 0 Å². The number of rotatable bonds is 5. The fraction of sp³-hybridized carbons (Fsp3) is 0.824. The molecule has 2 saturated heterocycles. The predicted octanol–water partition coefficient (Wildman–Crippen LogP) is -0.169. The standard InChI is InChI=1S/C17H31N5O4/c1-4-26-17(24)22-8-6-21(7-9-22)16(19-12-15(23)20(2)3)18-11-14-5-10-25-13-14/h14H,4-13H2,1-3H3,(H,18,19). The van der Waals surface area contributed by atoms with E-state index < -0.39 is 0 Å². The quantitative estimate of drug-likeness (QED) is 0.535. The summed E-state index contributed by atoms with van der Waals surface area (Å²) in [5.74, 6) is 1.14. The zero-order chi connectivity index (χ0) is 18.9. The van der Waals surface area contributed by atoms with Crippen LogP contribution in [0.25, 0.3) is 0 Å². The number of amides is 2. The fourth-order valence-electron chi connectivity index (χ4n) is 2.85. The molecule has 1 atom stereocenters. The maximum Gasteiger partial charge on any atom is 0.409 e. The van der Waals surface area contributed by atoms with Crippen LogP contribution in [0.15, 0.2) is 4.99 Å². The minimum atomic E-state index is -0.274. The van der Waals surface area contributed by atoms with Crippen molar-refractivity contribution >= 4 is 18.0 Å². The van der Waals surface area contributed by atoms with E-state index in [0.29, 0.717) is 38.7 Å². The van der Waals surface area contributed by atoms with Gasteiger partial charge in [-0.05, 0) is 13.3 Å². The van der Waals surface area contributed by atoms with Crippen LogP contribution in [-0.4, -0.2) is 106 Å². The molecule has 0 bridgehead atoms. The minimum absolute atomic E-state index is 0.0429. The molecule has 9 nitrogen and oxygen atoms in total. The zero-order valence-corrected chi connectivity index (χ0v) is 16.1. The summed E-state index contributed by atoms with van der Waals surface area (Å²) in [5.41, 5.74) is 0. The largest absolute Gasteiger partial charge is 0.450 e. The minimum Gasteiger partial charge on any atom is -0.450 e. The summed E-state index contributed by atoms with van der Waals surface area (Å²) in [6.07, 6.45) is 0.762. The Morgan fingerprint density at radius 3 is 2.50 bits per heavy atom. The second-order valence-electron chi connectivity index (χ2n) is 6.71. The van der Waals surface area contributed by atoms with Crippen LogP contribution in [0, 0.1) is 5.92 Å². The highest BCUT2D eigenvalue weighted by molar-refractivity contribution is 5.85. The van der Waals surface area contributed by atoms with Crippen molar-refractivity contribution in [1.82, 2.24) is 20.0 Å². The molecular weight excluding hydrogens is 338 g/mol. The summed E-state index contributed by atoms with van der Waals surface area (Å²) in [7, 11) is 3.44. The summed E-state index contributed by atoms with van der Waals surface area (Å²) < 4.78 is 10.5. The molecule has 0 aromatic heterocycles. The summed E-state index contributed by atoms with van der Waals surface area (Å²) in [5, 5.41) is 3.39. The molecule has 2 heterocycles. The molecule has 2 rings (SSSR count). The van der Waals surface area contributed by atoms with Crippen molar-refractivity contribution in [3.05, 3.63) is 0 Å². The zero-order valence-electron chi connectivity index (χ0n) is 16.1. The Bertz CT molecular complexity index is 497. The van der Waals surface area contributed by atoms with Crippen molar-refractivity contribution in [3.63, 3.8) is 0 Å². The lowest BCUT2D eigenvalue weighted by atomic mass is 10.1. The van der Waals surface area contributed by atoms with Gasteiger partial charge in [-0.3, -0.25) is 4.79 Å². The number of carbonyl (C=O) groups excluding carboxylic acids is 2. The van der Waals surface area contributed by atoms with E-state index >= 15 is 0 Å². The van der Waals surface area contributed by atoms with Gasteiger partial charge in [0.15, 0.2) is 5.96 Å². The monoisotopic (exact) mass is 369 g/mol. The molecular formula is C17H31N5O4. The Hall–Kier alpha value is -2.03. The molecule has 2 aliphatic rings. The van der Waals surface area contributed by atoms with Gasteiger partial charge in [0, 0.05) is 59.3 Å². The number of likely N-dealkylation sites (N-methyl/N-ethyl adjacent to an activating group) is 1. The number of aliphatic imine (C=N–C) groups is 1. The van der Waals surface area contributed by atoms with Crippen LogP contribution in [0.5, 0.6) is 0 Å². The number of piperazine rings is 1. The first kappa shape index (κ1) is 20.3. The van der Waals surface area contributed by atoms with E-state index in [-0.39, 0.29) is 18.5 Å². The number of hydrogen-bond donors (Lipinski definition) is 1. The van der Waals surface area contributed by atoms with Gasteiger partial charge in [0.2, 0.25) is 5.91 Å². The van der Waals surface area contributed by atoms with Crippen LogP contribution >= 0.6 is 0 Å². The van der Waals surface area contributed by atoms with Gasteiger partial charge in [0.1, 0.15) is 6.54 Å². The first-order valence-corrected chi connectivity index (χ1v) is 9.24. The lowest BCUT2D eigenvalue weighted by Crippen LogP contribution is -2.54. The Morgan fingerprint density at radius 2 is 1.92 bits per heavy atom. The normalized spacial score (nSPS) is 20.9. The maximum absolute atomic E-state index is 11.9. The van der Waals surface area contributed by atoms with E-state index in [2.05, 4.69) is 15.2 Å². The van der Waals surface area contributed by atoms with E-state index in [1.807, 2.05) is 0 Å². The molecule has 0 aromatic carbocycles. The average Bonchev–Trinajstić information content (AvgIpc) is 3.15. The Morgan fingerprint density at radius 1 is 1.23 bits per heavy atom. The van der Waals surface area contributed by atoms with Crippen LogP contribution in [0.4, 0.5) is 4.79 Å². The van der Waals surface area contributed by atoms with Gasteiger partial charge >= 0.3 is 6.09 Å². The second-order valence-corrected chi connectivity index (χ2v) is 6.71. The third-order valence-electron chi connectivity index (χ3n) is 4.54. The predicted molar refractivity (Wildman–Crippen MR) is 98.1 cm³/mol. The molecule has 2 amide bonds. The number of guanidine groups is 1. The second kappa shape index (κ2) is 10.2. The van der Waals surface area contributed by atoms with Crippen molar-refractivity contribution in [2.45, 2.75) is 13.3 Å². The van der Waals surface area contributed by atoms with Gasteiger partial charge in [-0.15, -0.1) is 0 Å². The van der Waals surface area contributed by atoms with Gasteiger partial charge in [0.25, 0.3) is 0 Å². The van der Waals surface area contributed by atoms with E-state index in [4.69, 9.17) is 9.47 Å². The van der Waals surface area contributed by atoms with Crippen molar-refractivity contribution in [1.29, 1.82) is 0 Å². The highest BCUT2D eigenvalue weighted by Gasteiger charge is 2.25. The molecule has 2 aliphatic heterocycles. The van der Waals surface area contributed by atoms with Gasteiger partial charge in [-0.1, -0.05) is 0 Å². The topological polar surface area (TPSA) is 86.7 Å². The van der Waals surface area contributed by atoms with Crippen molar-refractivity contribution in [2.24, 2.45) is 10.9 Å². The Balaban J connectivity index is 1.93. The summed E-state index contributed by atoms with van der Waals surface area (Å²) >= 11 is 0. The van der Waals surface area contributed by atoms with Gasteiger partial charge in [0.05, 0.1) is 13.2 Å². The number of nitrogens with zero attached hydrogens (tertiary/aromatic N) is 4. The lowest BCUT2D eigenvalue weighted by molar-refractivity contribution is -0.127. The number of nitrogens with one attached hydrogen (secondary N) is 1. The van der Waals surface area contributed by atoms with Crippen molar-refractivity contribution in [3.8, 4) is 0 Å². The molecule has 0 aromatic rings. The summed E-state index contributed by atoms with van der Waals surface area (Å²) in [6, 6.07) is 0. The molecule has 148 valence electrons. The molecule has 1 unspecified atom stereocenters. The van der Waals surface area contributed by atoms with Crippen LogP contribution in [-0.2, 0) is 14.3 Å². The average molecular weight is 369 g/mol. The Labute approximate surface area is 155 Å². The van der Waals surface area contributed by atoms with E-state index in [1.165, 1.54) is 4.90 Å². The van der Waals surface area contributed by atoms with Crippen LogP contribution in [0.3, 0.4) is 0 Å². The molecule has 0 saturated carbocycles. The molecule has 1 N–H and O–H groups in total. The van der Waals surface area contributed by atoms with Crippen LogP contribution in [0.1, 0.15) is 13.3 Å². The van der Waals surface area contributed by atoms with Crippen molar-refractivity contribution < 1.29 is 19.1 Å². The highest BCUT2D eigenvalue weighted by atomic mass is 16.6. The molecule has 26 heavy (non-hydrogen) atoms. The smallest absolute Gasteiger partial charge is 0.409 e. The summed E-state index contributed by atoms with van der Waals surface area (Å²) in [6.45, 7) is 7.08. The fourth-order valence-corrected chi connectivity index (χ4v) is 2.85. The first-order chi connectivity index (χ1) is 12.5. The maximum atomic E-state index is 11.9. The Kier molecular flexibility index (Phi) is 7.96. The van der Waals surface area contributed by atoms with E-state index in [1.54, 1.807) is 25.9 Å². The van der Waals surface area contributed by atoms with E-state index in [9.17, 15) is 9.59 Å². The van der Waals surface area contributed by atoms with Gasteiger partial charge < -0.3 is 29.5 Å². The van der Waals surface area contributed by atoms with E-state index in [0.717, 1.165) is 32.1 Å². The molecule has 2 fully saturated rings. The highest BCUT2D eigenvalue weighted by Crippen LogP contribution is 2.11. The number of ether oxygens (including phenoxy) is 2. The number of carbonyl (C=O) groups is 2. The number of hydrogen-bond acceptors (Lipinski definition) is 5. The van der Waals surface area contributed by atoms with Gasteiger partial charge in [-0.2, -0.15) is 0 Å². The first-order valence-electron chi connectivity index (χ1n) is 9.24. The van der Waals surface area contributed by atoms with Crippen molar-refractivity contribution in [2.75, 3.05) is 73.2 Å². The molecule has 0 aliphatic carbocycles. The molecule has 0 radical (unpaired) electrons. The third-order valence-corrected chi connectivity index (χ3v) is 4.54. The van der Waals surface area contributed by atoms with Gasteiger partial charge in [-0.25, -0.2) is 9.79 Å². The summed E-state index contributed by atoms with van der Waals surface area (Å²) in [4.78, 5) is 33.6. The SMILES string of the molecule is CCOC(=O)N1CCN(C(=NCC(=O)N(C)C)NCC2CCOC2)CC1. The molecule has 9 heteroatoms. The lowest BCUT2D eigenvalue weighted by Gasteiger charge is -2.36. The third kappa shape index (κ3) is 6.05. The van der Waals surface area contributed by atoms with Crippen LogP contribution < -0.4 is 5.32 Å².